The Morgan fingerprint density at radius 1 is 0.329 bits per heavy atom. The standard InChI is InChI=1S/C66H63BN2O/c1-63(2,3)44-34-45(64(4,5)6)37-48(36-44)68-54-28-25-40-19-13-15-21-50(40)60(54)67-61-51-22-16-14-20-41(51)26-29-55(61)69(49-38-46(65(7,8)9)35-47(39-49)66(10,11)12)57-33-43(32-56(68)62(57)67)42-27-30-59-53(31-42)52-23-17-18-24-58(52)70-59/h13-39H,1-12H3. The van der Waals surface area contributed by atoms with E-state index in [1.165, 1.54) is 94.3 Å². The van der Waals surface area contributed by atoms with Crippen molar-refractivity contribution >= 4 is 101 Å². The summed E-state index contributed by atoms with van der Waals surface area (Å²) < 4.78 is 6.44. The molecule has 4 heteroatoms. The van der Waals surface area contributed by atoms with Gasteiger partial charge >= 0.3 is 0 Å². The van der Waals surface area contributed by atoms with Gasteiger partial charge in [-0.15, -0.1) is 0 Å². The summed E-state index contributed by atoms with van der Waals surface area (Å²) >= 11 is 0. The molecule has 3 heterocycles. The van der Waals surface area contributed by atoms with Crippen LogP contribution in [0.15, 0.2) is 168 Å². The molecule has 0 amide bonds. The quantitative estimate of drug-likeness (QED) is 0.165. The summed E-state index contributed by atoms with van der Waals surface area (Å²) in [5.41, 5.74) is 20.3. The molecule has 0 saturated heterocycles. The van der Waals surface area contributed by atoms with E-state index in [9.17, 15) is 0 Å². The third-order valence-electron chi connectivity index (χ3n) is 15.4. The van der Waals surface area contributed by atoms with Crippen LogP contribution < -0.4 is 26.2 Å². The maximum Gasteiger partial charge on any atom is 0.253 e. The van der Waals surface area contributed by atoms with E-state index in [0.717, 1.165) is 33.1 Å². The lowest BCUT2D eigenvalue weighted by atomic mass is 9.32. The van der Waals surface area contributed by atoms with Crippen molar-refractivity contribution in [2.24, 2.45) is 0 Å². The fourth-order valence-corrected chi connectivity index (χ4v) is 11.4. The van der Waals surface area contributed by atoms with Gasteiger partial charge in [0.15, 0.2) is 0 Å². The predicted molar refractivity (Wildman–Crippen MR) is 303 cm³/mol. The average Bonchev–Trinajstić information content (AvgIpc) is 3.70. The van der Waals surface area contributed by atoms with Crippen LogP contribution in [0, 0.1) is 0 Å². The summed E-state index contributed by atoms with van der Waals surface area (Å²) in [4.78, 5) is 5.27. The van der Waals surface area contributed by atoms with Crippen LogP contribution in [0.2, 0.25) is 0 Å². The second kappa shape index (κ2) is 15.2. The molecule has 10 aromatic rings. The molecule has 0 bridgehead atoms. The van der Waals surface area contributed by atoms with E-state index >= 15 is 0 Å². The van der Waals surface area contributed by atoms with Crippen molar-refractivity contribution in [2.45, 2.75) is 105 Å². The smallest absolute Gasteiger partial charge is 0.253 e. The number of benzene rings is 9. The highest BCUT2D eigenvalue weighted by atomic mass is 16.3. The molecule has 0 saturated carbocycles. The molecule has 70 heavy (non-hydrogen) atoms. The molecule has 346 valence electrons. The molecule has 3 nitrogen and oxygen atoms in total. The number of nitrogens with zero attached hydrogens (tertiary/aromatic N) is 2. The van der Waals surface area contributed by atoms with Crippen LogP contribution in [0.3, 0.4) is 0 Å². The molecule has 2 aliphatic rings. The summed E-state index contributed by atoms with van der Waals surface area (Å²) in [5, 5.41) is 7.32. The highest BCUT2D eigenvalue weighted by Crippen LogP contribution is 2.50. The van der Waals surface area contributed by atoms with E-state index in [1.54, 1.807) is 0 Å². The van der Waals surface area contributed by atoms with Crippen molar-refractivity contribution in [2.75, 3.05) is 9.80 Å². The van der Waals surface area contributed by atoms with Crippen molar-refractivity contribution in [3.63, 3.8) is 0 Å². The summed E-state index contributed by atoms with van der Waals surface area (Å²) in [6.07, 6.45) is 0. The molecule has 2 aliphatic heterocycles. The van der Waals surface area contributed by atoms with E-state index in [1.807, 2.05) is 0 Å². The molecule has 0 spiro atoms. The van der Waals surface area contributed by atoms with Crippen molar-refractivity contribution < 1.29 is 4.42 Å². The molecule has 12 rings (SSSR count). The topological polar surface area (TPSA) is 19.6 Å². The highest BCUT2D eigenvalue weighted by Gasteiger charge is 2.46. The van der Waals surface area contributed by atoms with E-state index < -0.39 is 0 Å². The van der Waals surface area contributed by atoms with Crippen molar-refractivity contribution in [3.8, 4) is 11.1 Å². The summed E-state index contributed by atoms with van der Waals surface area (Å²) in [7, 11) is 0. The zero-order valence-corrected chi connectivity index (χ0v) is 43.0. The minimum atomic E-state index is -0.0813. The molecular weight excluding hydrogens is 848 g/mol. The number of hydrogen-bond donors (Lipinski definition) is 0. The molecule has 0 aliphatic carbocycles. The first-order valence-corrected chi connectivity index (χ1v) is 25.3. The van der Waals surface area contributed by atoms with Gasteiger partial charge in [0.2, 0.25) is 0 Å². The molecular formula is C66H63BN2O. The van der Waals surface area contributed by atoms with E-state index in [0.29, 0.717) is 0 Å². The van der Waals surface area contributed by atoms with Gasteiger partial charge in [0, 0.05) is 44.9 Å². The van der Waals surface area contributed by atoms with Crippen LogP contribution in [0.4, 0.5) is 34.1 Å². The van der Waals surface area contributed by atoms with Crippen LogP contribution in [-0.2, 0) is 21.7 Å². The summed E-state index contributed by atoms with van der Waals surface area (Å²) in [6, 6.07) is 62.7. The van der Waals surface area contributed by atoms with E-state index in [-0.39, 0.29) is 28.4 Å². The van der Waals surface area contributed by atoms with Crippen molar-refractivity contribution in [3.05, 3.63) is 186 Å². The lowest BCUT2D eigenvalue weighted by Gasteiger charge is -2.46. The fraction of sp³-hybridized carbons (Fsp3) is 0.242. The number of furan rings is 1. The van der Waals surface area contributed by atoms with Gasteiger partial charge in [-0.1, -0.05) is 180 Å². The van der Waals surface area contributed by atoms with Gasteiger partial charge in [0.1, 0.15) is 11.2 Å². The highest BCUT2D eigenvalue weighted by molar-refractivity contribution is 7.03. The van der Waals surface area contributed by atoms with Gasteiger partial charge in [0.05, 0.1) is 0 Å². The van der Waals surface area contributed by atoms with Gasteiger partial charge in [-0.25, -0.2) is 0 Å². The normalized spacial score (nSPS) is 13.9. The average molecular weight is 911 g/mol. The van der Waals surface area contributed by atoms with E-state index in [4.69, 9.17) is 4.42 Å². The Bertz CT molecular complexity index is 3540. The van der Waals surface area contributed by atoms with Crippen LogP contribution in [0.25, 0.3) is 54.6 Å². The fourth-order valence-electron chi connectivity index (χ4n) is 11.4. The Balaban J connectivity index is 1.27. The summed E-state index contributed by atoms with van der Waals surface area (Å²) in [5.74, 6) is 0. The molecule has 0 atom stereocenters. The molecule has 0 unspecified atom stereocenters. The van der Waals surface area contributed by atoms with Crippen LogP contribution in [0.5, 0.6) is 0 Å². The molecule has 9 aromatic carbocycles. The number of rotatable bonds is 3. The predicted octanol–water partition coefficient (Wildman–Crippen LogP) is 16.8. The van der Waals surface area contributed by atoms with Crippen LogP contribution in [0.1, 0.15) is 105 Å². The van der Waals surface area contributed by atoms with Gasteiger partial charge in [-0.2, -0.15) is 0 Å². The Morgan fingerprint density at radius 3 is 1.20 bits per heavy atom. The lowest BCUT2D eigenvalue weighted by Crippen LogP contribution is -2.61. The first-order chi connectivity index (χ1) is 33.2. The largest absolute Gasteiger partial charge is 0.456 e. The Labute approximate surface area is 414 Å². The number of fused-ring (bicyclic) bond motifs is 11. The molecule has 1 aromatic heterocycles. The SMILES string of the molecule is CC(C)(C)c1cc(N2c3cc(-c4ccc5oc6ccccc6c5c4)cc4c3B(c3c2ccc2ccccc32)c2c(ccc3ccccc23)N4c2cc(C(C)(C)C)cc(C(C)(C)C)c2)cc(C(C)(C)C)c1. The first kappa shape index (κ1) is 44.2. The minimum Gasteiger partial charge on any atom is -0.456 e. The number of anilines is 6. The summed E-state index contributed by atoms with van der Waals surface area (Å²) in [6.45, 7) is 28.1. The molecule has 0 radical (unpaired) electrons. The maximum atomic E-state index is 6.44. The number of hydrogen-bond acceptors (Lipinski definition) is 3. The van der Waals surface area contributed by atoms with Crippen molar-refractivity contribution in [1.82, 2.24) is 0 Å². The van der Waals surface area contributed by atoms with Gasteiger partial charge < -0.3 is 14.2 Å². The Hall–Kier alpha value is -7.04. The third-order valence-corrected chi connectivity index (χ3v) is 15.4. The van der Waals surface area contributed by atoms with Gasteiger partial charge in [0.25, 0.3) is 6.71 Å². The molecule has 0 fully saturated rings. The lowest BCUT2D eigenvalue weighted by molar-refractivity contribution is 0.568. The Kier molecular flexibility index (Phi) is 9.62. The van der Waals surface area contributed by atoms with Gasteiger partial charge in [-0.3, -0.25) is 0 Å². The first-order valence-electron chi connectivity index (χ1n) is 25.3. The van der Waals surface area contributed by atoms with Gasteiger partial charge in [-0.05, 0) is 160 Å². The second-order valence-corrected chi connectivity index (χ2v) is 24.3. The maximum absolute atomic E-state index is 6.44. The monoisotopic (exact) mass is 911 g/mol. The van der Waals surface area contributed by atoms with Crippen LogP contribution >= 0.6 is 0 Å². The van der Waals surface area contributed by atoms with Crippen LogP contribution in [-0.4, -0.2) is 6.71 Å². The van der Waals surface area contributed by atoms with E-state index in [2.05, 4.69) is 257 Å². The number of para-hydroxylation sites is 1. The van der Waals surface area contributed by atoms with Crippen molar-refractivity contribution in [1.29, 1.82) is 0 Å². The molecule has 0 N–H and O–H groups in total. The third kappa shape index (κ3) is 7.00. The second-order valence-electron chi connectivity index (χ2n) is 24.3. The Morgan fingerprint density at radius 2 is 0.743 bits per heavy atom. The zero-order chi connectivity index (χ0) is 48.8. The minimum absolute atomic E-state index is 0.0742. The zero-order valence-electron chi connectivity index (χ0n) is 43.0.